The molecule has 0 aromatic heterocycles. The van der Waals surface area contributed by atoms with E-state index in [0.29, 0.717) is 14.7 Å². The Morgan fingerprint density at radius 1 is 1.50 bits per heavy atom. The average molecular weight is 314 g/mol. The summed E-state index contributed by atoms with van der Waals surface area (Å²) in [5.41, 5.74) is 0.989. The number of alkyl halides is 1. The van der Waals surface area contributed by atoms with Crippen LogP contribution in [0.1, 0.15) is 5.56 Å². The largest absolute Gasteiger partial charge is 0.205 e. The molecule has 0 radical (unpaired) electrons. The second-order valence-electron chi connectivity index (χ2n) is 2.19. The molecular weight excluding hydrogens is 307 g/mol. The fourth-order valence-electron chi connectivity index (χ4n) is 0.898. The summed E-state index contributed by atoms with van der Waals surface area (Å²) in [6, 6.07) is 3.64. The molecule has 0 N–H and O–H groups in total. The summed E-state index contributed by atoms with van der Waals surface area (Å²) in [7, 11) is 0. The summed E-state index contributed by atoms with van der Waals surface area (Å²) in [6.45, 7) is 0. The Labute approximate surface area is 92.2 Å². The molecule has 0 spiro atoms. The Hall–Kier alpha value is 0.460. The van der Waals surface area contributed by atoms with Gasteiger partial charge in [-0.2, -0.15) is 0 Å². The molecule has 0 saturated heterocycles. The molecule has 0 saturated carbocycles. The third-order valence-corrected chi connectivity index (χ3v) is 3.55. The molecule has 0 aliphatic heterocycles. The molecule has 0 unspecified atom stereocenters. The van der Waals surface area contributed by atoms with Crippen LogP contribution in [-0.2, 0) is 5.33 Å². The normalized spacial score (nSPS) is 10.3. The van der Waals surface area contributed by atoms with Gasteiger partial charge in [0.15, 0.2) is 5.82 Å². The van der Waals surface area contributed by atoms with Crippen LogP contribution in [0.15, 0.2) is 21.5 Å². The lowest BCUT2D eigenvalue weighted by Gasteiger charge is -2.06. The van der Waals surface area contributed by atoms with Gasteiger partial charge in [-0.15, -0.1) is 11.8 Å². The number of thioether (sulfide) groups is 1. The first-order valence-corrected chi connectivity index (χ1v) is 6.41. The fraction of sp³-hybridized carbons (Fsp3) is 0.250. The van der Waals surface area contributed by atoms with Crippen molar-refractivity contribution in [2.75, 3.05) is 6.26 Å². The van der Waals surface area contributed by atoms with Crippen LogP contribution in [0.3, 0.4) is 0 Å². The summed E-state index contributed by atoms with van der Waals surface area (Å²) < 4.78 is 13.9. The van der Waals surface area contributed by atoms with Gasteiger partial charge >= 0.3 is 0 Å². The maximum absolute atomic E-state index is 13.4. The van der Waals surface area contributed by atoms with Crippen molar-refractivity contribution in [1.82, 2.24) is 0 Å². The molecule has 0 bridgehead atoms. The predicted octanol–water partition coefficient (Wildman–Crippen LogP) is 4.21. The van der Waals surface area contributed by atoms with Gasteiger partial charge < -0.3 is 0 Å². The van der Waals surface area contributed by atoms with Crippen LogP contribution in [0.4, 0.5) is 4.39 Å². The second-order valence-corrected chi connectivity index (χ2v) is 4.42. The lowest BCUT2D eigenvalue weighted by Crippen LogP contribution is -1.89. The van der Waals surface area contributed by atoms with Crippen molar-refractivity contribution < 1.29 is 4.39 Å². The number of hydrogen-bond acceptors (Lipinski definition) is 1. The third kappa shape index (κ3) is 2.03. The monoisotopic (exact) mass is 312 g/mol. The topological polar surface area (TPSA) is 0 Å². The van der Waals surface area contributed by atoms with Gasteiger partial charge in [-0.1, -0.05) is 22.0 Å². The molecule has 0 heterocycles. The quantitative estimate of drug-likeness (QED) is 0.582. The molecule has 0 fully saturated rings. The van der Waals surface area contributed by atoms with E-state index >= 15 is 0 Å². The van der Waals surface area contributed by atoms with E-state index in [2.05, 4.69) is 31.9 Å². The first-order valence-electron chi connectivity index (χ1n) is 3.27. The zero-order chi connectivity index (χ0) is 9.14. The van der Waals surface area contributed by atoms with Crippen LogP contribution in [-0.4, -0.2) is 6.26 Å². The SMILES string of the molecule is CSc1c(CBr)ccc(Br)c1F. The molecule has 0 aliphatic rings. The Bertz CT molecular complexity index is 289. The maximum atomic E-state index is 13.4. The number of halogens is 3. The van der Waals surface area contributed by atoms with Crippen molar-refractivity contribution in [2.45, 2.75) is 10.2 Å². The van der Waals surface area contributed by atoms with Gasteiger partial charge in [-0.25, -0.2) is 4.39 Å². The molecule has 0 nitrogen and oxygen atoms in total. The Balaban J connectivity index is 3.25. The van der Waals surface area contributed by atoms with Gasteiger partial charge in [0.05, 0.1) is 4.47 Å². The molecule has 1 aromatic rings. The molecule has 1 rings (SSSR count). The Kier molecular flexibility index (Phi) is 4.06. The van der Waals surface area contributed by atoms with Crippen molar-refractivity contribution in [3.05, 3.63) is 28.0 Å². The van der Waals surface area contributed by atoms with E-state index in [9.17, 15) is 4.39 Å². The van der Waals surface area contributed by atoms with Crippen LogP contribution in [0.2, 0.25) is 0 Å². The molecule has 0 atom stereocenters. The second kappa shape index (κ2) is 4.63. The van der Waals surface area contributed by atoms with Crippen LogP contribution >= 0.6 is 43.6 Å². The van der Waals surface area contributed by atoms with Crippen molar-refractivity contribution >= 4 is 43.6 Å². The van der Waals surface area contributed by atoms with Gasteiger partial charge in [0, 0.05) is 10.2 Å². The highest BCUT2D eigenvalue weighted by atomic mass is 79.9. The average Bonchev–Trinajstić information content (AvgIpc) is 2.09. The van der Waals surface area contributed by atoms with E-state index in [1.54, 1.807) is 6.07 Å². The minimum atomic E-state index is -0.167. The highest BCUT2D eigenvalue weighted by molar-refractivity contribution is 9.10. The summed E-state index contributed by atoms with van der Waals surface area (Å²) >= 11 is 7.88. The van der Waals surface area contributed by atoms with Crippen LogP contribution in [0, 0.1) is 5.82 Å². The highest BCUT2D eigenvalue weighted by Crippen LogP contribution is 2.30. The maximum Gasteiger partial charge on any atom is 0.151 e. The number of benzene rings is 1. The van der Waals surface area contributed by atoms with E-state index in [0.717, 1.165) is 5.56 Å². The Morgan fingerprint density at radius 2 is 2.17 bits per heavy atom. The third-order valence-electron chi connectivity index (χ3n) is 1.48. The van der Waals surface area contributed by atoms with Crippen LogP contribution < -0.4 is 0 Å². The fourth-order valence-corrected chi connectivity index (χ4v) is 2.70. The lowest BCUT2D eigenvalue weighted by molar-refractivity contribution is 0.592. The molecule has 12 heavy (non-hydrogen) atoms. The van der Waals surface area contributed by atoms with Crippen LogP contribution in [0.25, 0.3) is 0 Å². The summed E-state index contributed by atoms with van der Waals surface area (Å²) in [5, 5.41) is 0.688. The van der Waals surface area contributed by atoms with Crippen molar-refractivity contribution in [1.29, 1.82) is 0 Å². The van der Waals surface area contributed by atoms with Crippen molar-refractivity contribution in [2.24, 2.45) is 0 Å². The highest BCUT2D eigenvalue weighted by Gasteiger charge is 2.09. The van der Waals surface area contributed by atoms with Crippen molar-refractivity contribution in [3.63, 3.8) is 0 Å². The first kappa shape index (κ1) is 10.5. The van der Waals surface area contributed by atoms with Gasteiger partial charge in [0.2, 0.25) is 0 Å². The minimum Gasteiger partial charge on any atom is -0.205 e. The van der Waals surface area contributed by atoms with E-state index in [1.165, 1.54) is 11.8 Å². The lowest BCUT2D eigenvalue weighted by atomic mass is 10.2. The van der Waals surface area contributed by atoms with E-state index < -0.39 is 0 Å². The smallest absolute Gasteiger partial charge is 0.151 e. The first-order chi connectivity index (χ1) is 5.70. The van der Waals surface area contributed by atoms with E-state index in [4.69, 9.17) is 0 Å². The van der Waals surface area contributed by atoms with Gasteiger partial charge in [-0.3, -0.25) is 0 Å². The van der Waals surface area contributed by atoms with Gasteiger partial charge in [0.1, 0.15) is 0 Å². The number of rotatable bonds is 2. The van der Waals surface area contributed by atoms with Crippen molar-refractivity contribution in [3.8, 4) is 0 Å². The molecule has 4 heteroatoms. The minimum absolute atomic E-state index is 0.167. The molecule has 0 amide bonds. The molecule has 1 aromatic carbocycles. The standard InChI is InChI=1S/C8H7Br2FS/c1-12-8-5(4-9)2-3-6(10)7(8)11/h2-3H,4H2,1H3. The zero-order valence-electron chi connectivity index (χ0n) is 6.40. The Morgan fingerprint density at radius 3 is 2.67 bits per heavy atom. The van der Waals surface area contributed by atoms with E-state index in [-0.39, 0.29) is 5.82 Å². The summed E-state index contributed by atoms with van der Waals surface area (Å²) in [4.78, 5) is 0.709. The molecule has 66 valence electrons. The van der Waals surface area contributed by atoms with Crippen LogP contribution in [0.5, 0.6) is 0 Å². The number of hydrogen-bond donors (Lipinski definition) is 0. The van der Waals surface area contributed by atoms with Gasteiger partial charge in [-0.05, 0) is 33.8 Å². The van der Waals surface area contributed by atoms with E-state index in [1.807, 2.05) is 12.3 Å². The molecular formula is C8H7Br2FS. The summed E-state index contributed by atoms with van der Waals surface area (Å²) in [6.07, 6.45) is 1.87. The van der Waals surface area contributed by atoms with Gasteiger partial charge in [0.25, 0.3) is 0 Å². The molecule has 0 aliphatic carbocycles. The predicted molar refractivity (Wildman–Crippen MR) is 58.5 cm³/mol. The summed E-state index contributed by atoms with van der Waals surface area (Å²) in [5.74, 6) is -0.167. The zero-order valence-corrected chi connectivity index (χ0v) is 10.4.